The number of aliphatic carboxylic acids is 1. The van der Waals surface area contributed by atoms with E-state index in [1.165, 1.54) is 22.3 Å². The topological polar surface area (TPSA) is 49.8 Å². The Morgan fingerprint density at radius 2 is 2.12 bits per heavy atom. The standard InChI is InChI=1S/C22H33NO3/c1-16(2)8-7-9-17(3)19-12-11-18(4)20-14-23(15-26-22(19)20)13-6-5-10-21(24)25/h8,11-12,17H,5-7,9-10,13-15H2,1-4H3,(H,24,25). The van der Waals surface area contributed by atoms with Crippen molar-refractivity contribution in [1.82, 2.24) is 4.90 Å². The monoisotopic (exact) mass is 359 g/mol. The molecule has 1 heterocycles. The molecular weight excluding hydrogens is 326 g/mol. The number of carboxylic acids is 1. The Morgan fingerprint density at radius 3 is 2.81 bits per heavy atom. The van der Waals surface area contributed by atoms with Gasteiger partial charge in [-0.2, -0.15) is 0 Å². The Morgan fingerprint density at radius 1 is 1.35 bits per heavy atom. The summed E-state index contributed by atoms with van der Waals surface area (Å²) in [6.45, 7) is 11.1. The van der Waals surface area contributed by atoms with Gasteiger partial charge in [0.05, 0.1) is 0 Å². The van der Waals surface area contributed by atoms with Gasteiger partial charge in [0.25, 0.3) is 0 Å². The highest BCUT2D eigenvalue weighted by atomic mass is 16.5. The molecule has 1 atom stereocenters. The number of benzene rings is 1. The van der Waals surface area contributed by atoms with Crippen molar-refractivity contribution >= 4 is 5.97 Å². The van der Waals surface area contributed by atoms with Gasteiger partial charge < -0.3 is 9.84 Å². The van der Waals surface area contributed by atoms with Crippen LogP contribution in [0.2, 0.25) is 0 Å². The van der Waals surface area contributed by atoms with Crippen molar-refractivity contribution in [3.05, 3.63) is 40.5 Å². The molecule has 1 N–H and O–H groups in total. The zero-order valence-corrected chi connectivity index (χ0v) is 16.7. The van der Waals surface area contributed by atoms with Crippen molar-refractivity contribution in [2.75, 3.05) is 13.3 Å². The lowest BCUT2D eigenvalue weighted by atomic mass is 9.91. The van der Waals surface area contributed by atoms with Crippen LogP contribution in [-0.2, 0) is 11.3 Å². The van der Waals surface area contributed by atoms with E-state index in [0.29, 0.717) is 12.6 Å². The van der Waals surface area contributed by atoms with Crippen LogP contribution in [0.15, 0.2) is 23.8 Å². The van der Waals surface area contributed by atoms with Crippen molar-refractivity contribution in [1.29, 1.82) is 0 Å². The summed E-state index contributed by atoms with van der Waals surface area (Å²) in [7, 11) is 0. The number of unbranched alkanes of at least 4 members (excludes halogenated alkanes) is 1. The average Bonchev–Trinajstić information content (AvgIpc) is 2.58. The van der Waals surface area contributed by atoms with E-state index < -0.39 is 5.97 Å². The first kappa shape index (κ1) is 20.5. The molecule has 1 aromatic rings. The average molecular weight is 360 g/mol. The number of allylic oxidation sites excluding steroid dienone is 2. The molecule has 4 heteroatoms. The van der Waals surface area contributed by atoms with E-state index >= 15 is 0 Å². The number of ether oxygens (including phenoxy) is 1. The molecule has 0 radical (unpaired) electrons. The minimum atomic E-state index is -0.715. The molecule has 4 nitrogen and oxygen atoms in total. The first-order valence-electron chi connectivity index (χ1n) is 9.71. The molecule has 1 unspecified atom stereocenters. The highest BCUT2D eigenvalue weighted by Crippen LogP contribution is 2.37. The lowest BCUT2D eigenvalue weighted by molar-refractivity contribution is -0.137. The van der Waals surface area contributed by atoms with E-state index in [2.05, 4.69) is 50.8 Å². The summed E-state index contributed by atoms with van der Waals surface area (Å²) >= 11 is 0. The van der Waals surface area contributed by atoms with Crippen molar-refractivity contribution < 1.29 is 14.6 Å². The van der Waals surface area contributed by atoms with E-state index in [4.69, 9.17) is 9.84 Å². The van der Waals surface area contributed by atoms with E-state index in [9.17, 15) is 4.79 Å². The molecule has 0 fully saturated rings. The smallest absolute Gasteiger partial charge is 0.303 e. The Kier molecular flexibility index (Phi) is 7.70. The maximum atomic E-state index is 10.6. The van der Waals surface area contributed by atoms with Gasteiger partial charge in [0.15, 0.2) is 0 Å². The van der Waals surface area contributed by atoms with Crippen LogP contribution in [0.5, 0.6) is 5.75 Å². The second-order valence-corrected chi connectivity index (χ2v) is 7.72. The van der Waals surface area contributed by atoms with Crippen LogP contribution in [0, 0.1) is 6.92 Å². The Bertz CT molecular complexity index is 647. The molecule has 0 saturated carbocycles. The van der Waals surface area contributed by atoms with Crippen LogP contribution in [0.25, 0.3) is 0 Å². The van der Waals surface area contributed by atoms with Crippen molar-refractivity contribution in [3.8, 4) is 5.75 Å². The van der Waals surface area contributed by atoms with E-state index in [0.717, 1.165) is 44.5 Å². The highest BCUT2D eigenvalue weighted by molar-refractivity contribution is 5.66. The van der Waals surface area contributed by atoms with Gasteiger partial charge in [-0.1, -0.05) is 30.7 Å². The van der Waals surface area contributed by atoms with Gasteiger partial charge in [0, 0.05) is 25.1 Å². The normalized spacial score (nSPS) is 15.1. The fraction of sp³-hybridized carbons (Fsp3) is 0.591. The fourth-order valence-electron chi connectivity index (χ4n) is 3.46. The first-order valence-corrected chi connectivity index (χ1v) is 9.71. The third kappa shape index (κ3) is 5.87. The van der Waals surface area contributed by atoms with Crippen molar-refractivity contribution in [3.63, 3.8) is 0 Å². The molecular formula is C22H33NO3. The van der Waals surface area contributed by atoms with E-state index in [1.807, 2.05) is 0 Å². The summed E-state index contributed by atoms with van der Waals surface area (Å²) in [5.74, 6) is 0.839. The zero-order chi connectivity index (χ0) is 19.1. The summed E-state index contributed by atoms with van der Waals surface area (Å²) in [6.07, 6.45) is 6.39. The Balaban J connectivity index is 2.01. The molecule has 0 spiro atoms. The molecule has 1 aliphatic heterocycles. The van der Waals surface area contributed by atoms with Gasteiger partial charge in [-0.15, -0.1) is 0 Å². The molecule has 0 amide bonds. The second kappa shape index (κ2) is 9.77. The number of carbonyl (C=O) groups is 1. The van der Waals surface area contributed by atoms with Crippen LogP contribution in [0.3, 0.4) is 0 Å². The number of nitrogens with zero attached hydrogens (tertiary/aromatic N) is 1. The number of aryl methyl sites for hydroxylation is 1. The largest absolute Gasteiger partial charge is 0.481 e. The molecule has 26 heavy (non-hydrogen) atoms. The molecule has 1 aliphatic rings. The van der Waals surface area contributed by atoms with E-state index in [-0.39, 0.29) is 6.42 Å². The SMILES string of the molecule is CC(C)=CCCC(C)c1ccc(C)c2c1OCN(CCCCC(=O)O)C2. The lowest BCUT2D eigenvalue weighted by Crippen LogP contribution is -2.33. The van der Waals surface area contributed by atoms with Gasteiger partial charge in [0.2, 0.25) is 0 Å². The second-order valence-electron chi connectivity index (χ2n) is 7.72. The predicted octanol–water partition coefficient (Wildman–Crippen LogP) is 5.25. The Hall–Kier alpha value is -1.81. The Labute approximate surface area is 157 Å². The number of carboxylic acid groups (broad SMARTS) is 1. The first-order chi connectivity index (χ1) is 12.4. The molecule has 0 aromatic heterocycles. The third-order valence-corrected chi connectivity index (χ3v) is 5.10. The lowest BCUT2D eigenvalue weighted by Gasteiger charge is -2.32. The molecule has 1 aromatic carbocycles. The maximum Gasteiger partial charge on any atom is 0.303 e. The molecule has 144 valence electrons. The van der Waals surface area contributed by atoms with Crippen molar-refractivity contribution in [2.45, 2.75) is 72.3 Å². The highest BCUT2D eigenvalue weighted by Gasteiger charge is 2.23. The number of rotatable bonds is 9. The van der Waals surface area contributed by atoms with Crippen molar-refractivity contribution in [2.24, 2.45) is 0 Å². The number of hydrogen-bond donors (Lipinski definition) is 1. The number of hydrogen-bond acceptors (Lipinski definition) is 3. The maximum absolute atomic E-state index is 10.6. The van der Waals surface area contributed by atoms with Gasteiger partial charge >= 0.3 is 5.97 Å². The summed E-state index contributed by atoms with van der Waals surface area (Å²) < 4.78 is 6.17. The van der Waals surface area contributed by atoms with Crippen LogP contribution >= 0.6 is 0 Å². The minimum absolute atomic E-state index is 0.248. The zero-order valence-electron chi connectivity index (χ0n) is 16.7. The fourth-order valence-corrected chi connectivity index (χ4v) is 3.46. The van der Waals surface area contributed by atoms with Crippen LogP contribution in [-0.4, -0.2) is 29.3 Å². The molecule has 0 bridgehead atoms. The van der Waals surface area contributed by atoms with Crippen LogP contribution in [0.1, 0.15) is 75.5 Å². The summed E-state index contributed by atoms with van der Waals surface area (Å²) in [5.41, 5.74) is 5.26. The third-order valence-electron chi connectivity index (χ3n) is 5.10. The van der Waals surface area contributed by atoms with Gasteiger partial charge in [-0.3, -0.25) is 9.69 Å². The van der Waals surface area contributed by atoms with Gasteiger partial charge in [0.1, 0.15) is 12.5 Å². The molecule has 0 aliphatic carbocycles. The van der Waals surface area contributed by atoms with Gasteiger partial charge in [-0.25, -0.2) is 0 Å². The summed E-state index contributed by atoms with van der Waals surface area (Å²) in [6, 6.07) is 4.44. The van der Waals surface area contributed by atoms with Gasteiger partial charge in [-0.05, 0) is 63.5 Å². The summed E-state index contributed by atoms with van der Waals surface area (Å²) in [4.78, 5) is 12.9. The predicted molar refractivity (Wildman–Crippen MR) is 106 cm³/mol. The van der Waals surface area contributed by atoms with Crippen LogP contribution in [0.4, 0.5) is 0 Å². The molecule has 2 rings (SSSR count). The number of fused-ring (bicyclic) bond motifs is 1. The molecule has 0 saturated heterocycles. The van der Waals surface area contributed by atoms with Crippen LogP contribution < -0.4 is 4.74 Å². The minimum Gasteiger partial charge on any atom is -0.481 e. The summed E-state index contributed by atoms with van der Waals surface area (Å²) in [5, 5.41) is 8.75. The quantitative estimate of drug-likeness (QED) is 0.483. The van der Waals surface area contributed by atoms with E-state index in [1.54, 1.807) is 0 Å².